The van der Waals surface area contributed by atoms with Crippen molar-refractivity contribution in [2.24, 2.45) is 0 Å². The Morgan fingerprint density at radius 1 is 1.16 bits per heavy atom. The Hall–Kier alpha value is -4.67. The van der Waals surface area contributed by atoms with E-state index in [2.05, 4.69) is 20.4 Å². The van der Waals surface area contributed by atoms with Gasteiger partial charge < -0.3 is 10.4 Å². The van der Waals surface area contributed by atoms with Gasteiger partial charge in [0, 0.05) is 17.1 Å². The lowest BCUT2D eigenvalue weighted by Crippen LogP contribution is -2.15. The Balaban J connectivity index is 1.74. The van der Waals surface area contributed by atoms with Crippen LogP contribution in [0.15, 0.2) is 48.8 Å². The third kappa shape index (κ3) is 3.62. The van der Waals surface area contributed by atoms with Gasteiger partial charge in [0.05, 0.1) is 34.1 Å². The zero-order chi connectivity index (χ0) is 23.0. The number of carbonyl (C=O) groups is 2. The van der Waals surface area contributed by atoms with E-state index in [0.29, 0.717) is 27.8 Å². The number of nitrogens with one attached hydrogen (secondary N) is 1. The predicted octanol–water partition coefficient (Wildman–Crippen LogP) is 3.29. The number of rotatable bonds is 5. The van der Waals surface area contributed by atoms with E-state index < -0.39 is 16.8 Å². The van der Waals surface area contributed by atoms with Gasteiger partial charge in [-0.3, -0.25) is 14.9 Å². The zero-order valence-corrected chi connectivity index (χ0v) is 16.9. The molecule has 0 radical (unpaired) electrons. The number of aromatic nitrogens is 4. The van der Waals surface area contributed by atoms with Crippen molar-refractivity contribution in [1.29, 1.82) is 0 Å². The van der Waals surface area contributed by atoms with Crippen molar-refractivity contribution in [3.8, 4) is 5.69 Å². The zero-order valence-electron chi connectivity index (χ0n) is 16.9. The fourth-order valence-corrected chi connectivity index (χ4v) is 3.32. The summed E-state index contributed by atoms with van der Waals surface area (Å²) in [5, 5.41) is 27.8. The maximum absolute atomic E-state index is 12.9. The molecule has 0 saturated carbocycles. The first kappa shape index (κ1) is 20.6. The molecule has 11 heteroatoms. The summed E-state index contributed by atoms with van der Waals surface area (Å²) >= 11 is 0. The highest BCUT2D eigenvalue weighted by atomic mass is 16.6. The summed E-state index contributed by atoms with van der Waals surface area (Å²) in [6, 6.07) is 9.38. The Kier molecular flexibility index (Phi) is 5.07. The van der Waals surface area contributed by atoms with Crippen LogP contribution in [-0.4, -0.2) is 41.7 Å². The van der Waals surface area contributed by atoms with Gasteiger partial charge in [-0.15, -0.1) is 0 Å². The monoisotopic (exact) mass is 432 g/mol. The number of amides is 1. The van der Waals surface area contributed by atoms with E-state index in [-0.39, 0.29) is 22.8 Å². The van der Waals surface area contributed by atoms with E-state index in [9.17, 15) is 24.8 Å². The number of benzene rings is 1. The Labute approximate surface area is 180 Å². The summed E-state index contributed by atoms with van der Waals surface area (Å²) in [4.78, 5) is 42.9. The second kappa shape index (κ2) is 7.87. The van der Waals surface area contributed by atoms with Crippen molar-refractivity contribution >= 4 is 34.3 Å². The lowest BCUT2D eigenvalue weighted by atomic mass is 10.1. The molecule has 4 aromatic rings. The highest BCUT2D eigenvalue weighted by molar-refractivity contribution is 6.12. The Morgan fingerprint density at radius 2 is 1.94 bits per heavy atom. The molecular formula is C21H16N6O5. The van der Waals surface area contributed by atoms with Crippen LogP contribution < -0.4 is 5.32 Å². The molecule has 2 N–H and O–H groups in total. The van der Waals surface area contributed by atoms with Crippen LogP contribution in [0.4, 0.5) is 11.5 Å². The number of fused-ring (bicyclic) bond motifs is 1. The predicted molar refractivity (Wildman–Crippen MR) is 114 cm³/mol. The summed E-state index contributed by atoms with van der Waals surface area (Å²) in [6.45, 7) is 3.29. The summed E-state index contributed by atoms with van der Waals surface area (Å²) in [5.41, 5.74) is 1.96. The topological polar surface area (TPSA) is 153 Å². The molecule has 0 aliphatic carbocycles. The molecule has 0 unspecified atom stereocenters. The molecule has 0 saturated heterocycles. The summed E-state index contributed by atoms with van der Waals surface area (Å²) in [6.07, 6.45) is 2.87. The van der Waals surface area contributed by atoms with Gasteiger partial charge in [-0.25, -0.2) is 19.4 Å². The van der Waals surface area contributed by atoms with E-state index in [1.54, 1.807) is 38.1 Å². The van der Waals surface area contributed by atoms with E-state index in [0.717, 1.165) is 0 Å². The molecule has 0 fully saturated rings. The van der Waals surface area contributed by atoms with Gasteiger partial charge in [-0.1, -0.05) is 6.07 Å². The number of nitro groups is 1. The lowest BCUT2D eigenvalue weighted by Gasteiger charge is -2.08. The third-order valence-corrected chi connectivity index (χ3v) is 4.81. The number of carbonyl (C=O) groups excluding carboxylic acids is 1. The smallest absolute Gasteiger partial charge is 0.354 e. The first-order chi connectivity index (χ1) is 15.3. The number of nitrogens with zero attached hydrogens (tertiary/aromatic N) is 5. The van der Waals surface area contributed by atoms with Crippen LogP contribution in [0.2, 0.25) is 0 Å². The SMILES string of the molecule is Cc1ccc([N+](=O)[O-])c(NC(=O)c2cccc3c2cnn3-c2cnc(C(=O)O)c(C)c2)n1. The highest BCUT2D eigenvalue weighted by Crippen LogP contribution is 2.26. The second-order valence-electron chi connectivity index (χ2n) is 6.99. The van der Waals surface area contributed by atoms with Gasteiger partial charge in [0.25, 0.3) is 5.91 Å². The summed E-state index contributed by atoms with van der Waals surface area (Å²) in [5.74, 6) is -1.85. The molecule has 4 rings (SSSR count). The molecule has 11 nitrogen and oxygen atoms in total. The average molecular weight is 432 g/mol. The average Bonchev–Trinajstić information content (AvgIpc) is 3.17. The maximum atomic E-state index is 12.9. The van der Waals surface area contributed by atoms with Crippen LogP contribution in [-0.2, 0) is 0 Å². The van der Waals surface area contributed by atoms with Crippen LogP contribution in [0, 0.1) is 24.0 Å². The van der Waals surface area contributed by atoms with Crippen molar-refractivity contribution in [3.63, 3.8) is 0 Å². The number of carboxylic acid groups (broad SMARTS) is 1. The van der Waals surface area contributed by atoms with Gasteiger partial charge in [-0.2, -0.15) is 5.10 Å². The standard InChI is InChI=1S/C21H16N6O5/c1-11-8-13(9-22-18(11)21(29)30)26-16-5-3-4-14(15(16)10-23-26)20(28)25-19-17(27(31)32)7-6-12(2)24-19/h3-10H,1-2H3,(H,29,30)(H,24,25,28). The van der Waals surface area contributed by atoms with Crippen LogP contribution >= 0.6 is 0 Å². The van der Waals surface area contributed by atoms with Crippen LogP contribution in [0.3, 0.4) is 0 Å². The van der Waals surface area contributed by atoms with Crippen molar-refractivity contribution in [2.45, 2.75) is 13.8 Å². The summed E-state index contributed by atoms with van der Waals surface area (Å²) in [7, 11) is 0. The molecule has 3 aromatic heterocycles. The van der Waals surface area contributed by atoms with Gasteiger partial charge in [0.2, 0.25) is 5.82 Å². The molecule has 32 heavy (non-hydrogen) atoms. The summed E-state index contributed by atoms with van der Waals surface area (Å²) < 4.78 is 1.53. The Morgan fingerprint density at radius 3 is 2.62 bits per heavy atom. The van der Waals surface area contributed by atoms with Crippen molar-refractivity contribution in [2.75, 3.05) is 5.32 Å². The largest absolute Gasteiger partial charge is 0.477 e. The molecule has 1 amide bonds. The number of aromatic carboxylic acids is 1. The van der Waals surface area contributed by atoms with Gasteiger partial charge in [0.1, 0.15) is 0 Å². The number of aryl methyl sites for hydroxylation is 2. The Bertz CT molecular complexity index is 1410. The fraction of sp³-hybridized carbons (Fsp3) is 0.0952. The first-order valence-electron chi connectivity index (χ1n) is 9.36. The minimum Gasteiger partial charge on any atom is -0.477 e. The van der Waals surface area contributed by atoms with Crippen LogP contribution in [0.1, 0.15) is 32.1 Å². The molecule has 0 aliphatic heterocycles. The van der Waals surface area contributed by atoms with Crippen molar-refractivity contribution < 1.29 is 19.6 Å². The quantitative estimate of drug-likeness (QED) is 0.360. The molecule has 0 aliphatic rings. The number of pyridine rings is 2. The van der Waals surface area contributed by atoms with Gasteiger partial charge in [-0.05, 0) is 43.7 Å². The van der Waals surface area contributed by atoms with Gasteiger partial charge >= 0.3 is 11.7 Å². The van der Waals surface area contributed by atoms with Crippen LogP contribution in [0.5, 0.6) is 0 Å². The lowest BCUT2D eigenvalue weighted by molar-refractivity contribution is -0.384. The minimum atomic E-state index is -1.13. The molecule has 3 heterocycles. The molecule has 0 spiro atoms. The van der Waals surface area contributed by atoms with Gasteiger partial charge in [0.15, 0.2) is 5.69 Å². The van der Waals surface area contributed by atoms with E-state index in [1.165, 1.54) is 29.2 Å². The fourth-order valence-electron chi connectivity index (χ4n) is 3.32. The first-order valence-corrected chi connectivity index (χ1v) is 9.36. The molecule has 1 aromatic carbocycles. The van der Waals surface area contributed by atoms with Crippen LogP contribution in [0.25, 0.3) is 16.6 Å². The van der Waals surface area contributed by atoms with E-state index >= 15 is 0 Å². The molecule has 160 valence electrons. The van der Waals surface area contributed by atoms with Crippen molar-refractivity contribution in [1.82, 2.24) is 19.7 Å². The number of anilines is 1. The molecule has 0 bridgehead atoms. The second-order valence-corrected chi connectivity index (χ2v) is 6.99. The van der Waals surface area contributed by atoms with E-state index in [1.807, 2.05) is 0 Å². The number of carboxylic acids is 1. The number of hydrogen-bond acceptors (Lipinski definition) is 7. The number of hydrogen-bond donors (Lipinski definition) is 2. The van der Waals surface area contributed by atoms with Crippen molar-refractivity contribution in [3.05, 3.63) is 81.4 Å². The highest BCUT2D eigenvalue weighted by Gasteiger charge is 2.21. The molecular weight excluding hydrogens is 416 g/mol. The molecule has 0 atom stereocenters. The normalized spacial score (nSPS) is 10.8. The maximum Gasteiger partial charge on any atom is 0.354 e. The minimum absolute atomic E-state index is 0.0578. The van der Waals surface area contributed by atoms with E-state index in [4.69, 9.17) is 0 Å². The third-order valence-electron chi connectivity index (χ3n) is 4.81.